The number of aryl methyl sites for hydroxylation is 1. The van der Waals surface area contributed by atoms with Gasteiger partial charge in [0.15, 0.2) is 0 Å². The Morgan fingerprint density at radius 2 is 1.56 bits per heavy atom. The van der Waals surface area contributed by atoms with Crippen molar-refractivity contribution in [2.75, 3.05) is 26.2 Å². The van der Waals surface area contributed by atoms with E-state index in [9.17, 15) is 18.0 Å². The minimum absolute atomic E-state index is 0.160. The highest BCUT2D eigenvalue weighted by Gasteiger charge is 2.30. The molecule has 8 nitrogen and oxygen atoms in total. The fourth-order valence-corrected chi connectivity index (χ4v) is 5.78. The van der Waals surface area contributed by atoms with Crippen LogP contribution in [0.2, 0.25) is 0 Å². The van der Waals surface area contributed by atoms with Crippen molar-refractivity contribution in [2.24, 2.45) is 0 Å². The standard InChI is InChI=1S/C25H24N4O4S/c1-18-17-26-25(31)29(18)22-9-6-20(7-10-22)24(30)27-12-14-28(15-13-27)34(32,33)23-11-8-19-4-2-3-5-21(19)16-23/h2-11,16-17H,12-15H2,1H3,(H,26,31). The molecule has 1 aliphatic rings. The number of carbonyl (C=O) groups excluding carboxylic acids is 1. The van der Waals surface area contributed by atoms with Crippen LogP contribution in [0, 0.1) is 6.92 Å². The SMILES string of the molecule is Cc1c[nH]c(=O)n1-c1ccc(C(=O)N2CCN(S(=O)(=O)c3ccc4ccccc4c3)CC2)cc1. The van der Waals surface area contributed by atoms with E-state index in [4.69, 9.17) is 0 Å². The first-order valence-electron chi connectivity index (χ1n) is 11.0. The molecule has 0 aliphatic carbocycles. The number of H-pyrrole nitrogens is 1. The van der Waals surface area contributed by atoms with E-state index in [1.807, 2.05) is 37.3 Å². The van der Waals surface area contributed by atoms with Gasteiger partial charge in [-0.1, -0.05) is 30.3 Å². The summed E-state index contributed by atoms with van der Waals surface area (Å²) in [7, 11) is -3.65. The molecule has 0 bridgehead atoms. The van der Waals surface area contributed by atoms with Gasteiger partial charge < -0.3 is 9.88 Å². The van der Waals surface area contributed by atoms with E-state index in [-0.39, 0.29) is 29.6 Å². The molecule has 174 valence electrons. The number of nitrogens with one attached hydrogen (secondary N) is 1. The topological polar surface area (TPSA) is 95.5 Å². The number of sulfonamides is 1. The highest BCUT2D eigenvalue weighted by molar-refractivity contribution is 7.89. The van der Waals surface area contributed by atoms with Gasteiger partial charge in [-0.2, -0.15) is 4.31 Å². The number of hydrogen-bond donors (Lipinski definition) is 1. The summed E-state index contributed by atoms with van der Waals surface area (Å²) in [5.41, 5.74) is 1.70. The fourth-order valence-electron chi connectivity index (χ4n) is 4.32. The highest BCUT2D eigenvalue weighted by atomic mass is 32.2. The summed E-state index contributed by atoms with van der Waals surface area (Å²) < 4.78 is 29.3. The van der Waals surface area contributed by atoms with Crippen LogP contribution in [0.1, 0.15) is 16.1 Å². The van der Waals surface area contributed by atoms with Gasteiger partial charge in [-0.05, 0) is 54.1 Å². The van der Waals surface area contributed by atoms with Crippen LogP contribution in [0.3, 0.4) is 0 Å². The molecule has 1 N–H and O–H groups in total. The normalized spacial score (nSPS) is 15.0. The van der Waals surface area contributed by atoms with Gasteiger partial charge in [0.2, 0.25) is 10.0 Å². The summed E-state index contributed by atoms with van der Waals surface area (Å²) in [5.74, 6) is -0.160. The van der Waals surface area contributed by atoms with Crippen molar-refractivity contribution in [2.45, 2.75) is 11.8 Å². The Hall–Kier alpha value is -3.69. The zero-order valence-corrected chi connectivity index (χ0v) is 19.5. The van der Waals surface area contributed by atoms with Crippen LogP contribution < -0.4 is 5.69 Å². The van der Waals surface area contributed by atoms with E-state index in [2.05, 4.69) is 4.98 Å². The molecule has 1 amide bonds. The third-order valence-electron chi connectivity index (χ3n) is 6.22. The van der Waals surface area contributed by atoms with Crippen LogP contribution in [-0.4, -0.2) is 59.3 Å². The average Bonchev–Trinajstić information content (AvgIpc) is 3.21. The van der Waals surface area contributed by atoms with E-state index in [0.29, 0.717) is 24.3 Å². The number of amides is 1. The summed E-state index contributed by atoms with van der Waals surface area (Å²) >= 11 is 0. The largest absolute Gasteiger partial charge is 0.336 e. The van der Waals surface area contributed by atoms with Crippen molar-refractivity contribution in [3.05, 3.63) is 94.7 Å². The van der Waals surface area contributed by atoms with E-state index in [1.165, 1.54) is 8.87 Å². The lowest BCUT2D eigenvalue weighted by Gasteiger charge is -2.34. The number of aromatic amines is 1. The lowest BCUT2D eigenvalue weighted by Crippen LogP contribution is -2.50. The van der Waals surface area contributed by atoms with E-state index in [0.717, 1.165) is 16.5 Å². The van der Waals surface area contributed by atoms with Crippen LogP contribution in [0.4, 0.5) is 0 Å². The van der Waals surface area contributed by atoms with Crippen molar-refractivity contribution in [1.82, 2.24) is 18.8 Å². The maximum atomic E-state index is 13.2. The fraction of sp³-hybridized carbons (Fsp3) is 0.200. The summed E-state index contributed by atoms with van der Waals surface area (Å²) in [6, 6.07) is 19.6. The first-order chi connectivity index (χ1) is 16.3. The van der Waals surface area contributed by atoms with Gasteiger partial charge in [-0.25, -0.2) is 13.2 Å². The van der Waals surface area contributed by atoms with Crippen LogP contribution in [-0.2, 0) is 10.0 Å². The van der Waals surface area contributed by atoms with Gasteiger partial charge in [0.25, 0.3) is 5.91 Å². The Labute approximate surface area is 197 Å². The molecule has 0 saturated carbocycles. The van der Waals surface area contributed by atoms with Gasteiger partial charge in [0.1, 0.15) is 0 Å². The first-order valence-corrected chi connectivity index (χ1v) is 12.4. The number of nitrogens with zero attached hydrogens (tertiary/aromatic N) is 3. The van der Waals surface area contributed by atoms with Gasteiger partial charge in [-0.3, -0.25) is 9.36 Å². The number of piperazine rings is 1. The summed E-state index contributed by atoms with van der Waals surface area (Å²) in [4.78, 5) is 29.5. The quantitative estimate of drug-likeness (QED) is 0.490. The third-order valence-corrected chi connectivity index (χ3v) is 8.11. The lowest BCUT2D eigenvalue weighted by atomic mass is 10.1. The monoisotopic (exact) mass is 476 g/mol. The van der Waals surface area contributed by atoms with Crippen LogP contribution in [0.15, 0.2) is 82.6 Å². The Kier molecular flexibility index (Phi) is 5.59. The maximum absolute atomic E-state index is 13.2. The van der Waals surface area contributed by atoms with Crippen molar-refractivity contribution in [3.63, 3.8) is 0 Å². The Balaban J connectivity index is 1.28. The number of imidazole rings is 1. The van der Waals surface area contributed by atoms with Gasteiger partial charge in [-0.15, -0.1) is 0 Å². The second-order valence-corrected chi connectivity index (χ2v) is 10.3. The molecule has 9 heteroatoms. The molecule has 0 radical (unpaired) electrons. The highest BCUT2D eigenvalue weighted by Crippen LogP contribution is 2.23. The second-order valence-electron chi connectivity index (χ2n) is 8.32. The lowest BCUT2D eigenvalue weighted by molar-refractivity contribution is 0.0698. The summed E-state index contributed by atoms with van der Waals surface area (Å²) in [6.45, 7) is 2.91. The van der Waals surface area contributed by atoms with Crippen molar-refractivity contribution in [3.8, 4) is 5.69 Å². The van der Waals surface area contributed by atoms with Crippen molar-refractivity contribution < 1.29 is 13.2 Å². The molecule has 1 aromatic heterocycles. The number of carbonyl (C=O) groups is 1. The molecule has 3 aromatic carbocycles. The Morgan fingerprint density at radius 1 is 0.882 bits per heavy atom. The van der Waals surface area contributed by atoms with Crippen LogP contribution >= 0.6 is 0 Å². The second kappa shape index (κ2) is 8.58. The van der Waals surface area contributed by atoms with E-state index >= 15 is 0 Å². The zero-order valence-electron chi connectivity index (χ0n) is 18.6. The predicted octanol–water partition coefficient (Wildman–Crippen LogP) is 2.77. The molecule has 2 heterocycles. The number of hydrogen-bond acceptors (Lipinski definition) is 4. The number of benzene rings is 3. The number of aromatic nitrogens is 2. The van der Waals surface area contributed by atoms with Crippen molar-refractivity contribution >= 4 is 26.7 Å². The summed E-state index contributed by atoms with van der Waals surface area (Å²) in [5, 5.41) is 1.86. The number of fused-ring (bicyclic) bond motifs is 1. The third kappa shape index (κ3) is 3.93. The summed E-state index contributed by atoms with van der Waals surface area (Å²) in [6.07, 6.45) is 1.63. The molecular formula is C25H24N4O4S. The predicted molar refractivity (Wildman–Crippen MR) is 130 cm³/mol. The van der Waals surface area contributed by atoms with Crippen molar-refractivity contribution in [1.29, 1.82) is 0 Å². The molecule has 0 spiro atoms. The molecule has 5 rings (SSSR count). The minimum Gasteiger partial charge on any atom is -0.336 e. The molecule has 4 aromatic rings. The van der Waals surface area contributed by atoms with Crippen LogP contribution in [0.25, 0.3) is 16.5 Å². The number of rotatable bonds is 4. The van der Waals surface area contributed by atoms with Crippen LogP contribution in [0.5, 0.6) is 0 Å². The minimum atomic E-state index is -3.65. The molecule has 1 aliphatic heterocycles. The van der Waals surface area contributed by atoms with Gasteiger partial charge in [0.05, 0.1) is 10.6 Å². The molecule has 0 atom stereocenters. The van der Waals surface area contributed by atoms with Gasteiger partial charge >= 0.3 is 5.69 Å². The molecule has 1 saturated heterocycles. The van der Waals surface area contributed by atoms with E-state index < -0.39 is 10.0 Å². The first kappa shape index (κ1) is 22.1. The zero-order chi connectivity index (χ0) is 23.9. The molecular weight excluding hydrogens is 452 g/mol. The molecule has 0 unspecified atom stereocenters. The maximum Gasteiger partial charge on any atom is 0.330 e. The average molecular weight is 477 g/mol. The Bertz CT molecular complexity index is 1530. The molecule has 34 heavy (non-hydrogen) atoms. The van der Waals surface area contributed by atoms with Gasteiger partial charge in [0, 0.05) is 43.6 Å². The Morgan fingerprint density at radius 3 is 2.21 bits per heavy atom. The molecule has 1 fully saturated rings. The van der Waals surface area contributed by atoms with E-state index in [1.54, 1.807) is 47.5 Å². The smallest absolute Gasteiger partial charge is 0.330 e.